The van der Waals surface area contributed by atoms with Gasteiger partial charge >= 0.3 is 0 Å². The third kappa shape index (κ3) is 3.19. The van der Waals surface area contributed by atoms with Gasteiger partial charge in [-0.2, -0.15) is 5.26 Å². The lowest BCUT2D eigenvalue weighted by Gasteiger charge is -2.09. The van der Waals surface area contributed by atoms with Gasteiger partial charge in [-0.25, -0.2) is 4.39 Å². The highest BCUT2D eigenvalue weighted by molar-refractivity contribution is 5.91. The molecule has 130 valence electrons. The van der Waals surface area contributed by atoms with E-state index in [4.69, 9.17) is 4.74 Å². The summed E-state index contributed by atoms with van der Waals surface area (Å²) in [5, 5.41) is 10.2. The molecule has 0 bridgehead atoms. The fraction of sp³-hybridized carbons (Fsp3) is 0. The number of nitrogens with zero attached hydrogens (tertiary/aromatic N) is 2. The average molecular weight is 354 g/mol. The van der Waals surface area contributed by atoms with Gasteiger partial charge in [0.2, 0.25) is 0 Å². The van der Waals surface area contributed by atoms with Gasteiger partial charge < -0.3 is 9.30 Å². The molecule has 4 aromatic rings. The second kappa shape index (κ2) is 6.81. The minimum absolute atomic E-state index is 0.299. The summed E-state index contributed by atoms with van der Waals surface area (Å²) in [6.07, 6.45) is 3.80. The second-order valence-corrected chi connectivity index (χ2v) is 6.05. The first kappa shape index (κ1) is 16.6. The molecule has 0 unspecified atom stereocenters. The Balaban J connectivity index is 1.70. The highest BCUT2D eigenvalue weighted by Crippen LogP contribution is 2.28. The van der Waals surface area contributed by atoms with Crippen molar-refractivity contribution in [3.05, 3.63) is 96.4 Å². The maximum atomic E-state index is 13.0. The Morgan fingerprint density at radius 1 is 0.963 bits per heavy atom. The zero-order chi connectivity index (χ0) is 18.8. The van der Waals surface area contributed by atoms with Gasteiger partial charge in [0.15, 0.2) is 0 Å². The van der Waals surface area contributed by atoms with Crippen molar-refractivity contribution in [2.24, 2.45) is 0 Å². The molecule has 0 saturated carbocycles. The summed E-state index contributed by atoms with van der Waals surface area (Å²) < 4.78 is 20.8. The fourth-order valence-corrected chi connectivity index (χ4v) is 3.01. The third-order valence-corrected chi connectivity index (χ3v) is 4.35. The van der Waals surface area contributed by atoms with Crippen molar-refractivity contribution in [3.8, 4) is 23.3 Å². The first-order valence-electron chi connectivity index (χ1n) is 8.39. The van der Waals surface area contributed by atoms with Crippen molar-refractivity contribution >= 4 is 17.0 Å². The molecule has 0 radical (unpaired) electrons. The quantitative estimate of drug-likeness (QED) is 0.446. The van der Waals surface area contributed by atoms with E-state index in [2.05, 4.69) is 12.6 Å². The predicted molar refractivity (Wildman–Crippen MR) is 105 cm³/mol. The zero-order valence-corrected chi connectivity index (χ0v) is 14.4. The molecular formula is C23H15FN2O. The molecule has 0 fully saturated rings. The van der Waals surface area contributed by atoms with E-state index >= 15 is 0 Å². The summed E-state index contributed by atoms with van der Waals surface area (Å²) in [5.74, 6) is 0.929. The Bertz CT molecular complexity index is 1170. The van der Waals surface area contributed by atoms with Crippen LogP contribution in [0.3, 0.4) is 0 Å². The third-order valence-electron chi connectivity index (χ3n) is 4.35. The highest BCUT2D eigenvalue weighted by Gasteiger charge is 2.09. The molecule has 4 rings (SSSR count). The van der Waals surface area contributed by atoms with Gasteiger partial charge in [-0.15, -0.1) is 0 Å². The zero-order valence-electron chi connectivity index (χ0n) is 14.4. The van der Waals surface area contributed by atoms with Crippen LogP contribution in [0.25, 0.3) is 22.7 Å². The predicted octanol–water partition coefficient (Wildman–Crippen LogP) is 6.08. The molecule has 0 aliphatic carbocycles. The largest absolute Gasteiger partial charge is 0.457 e. The molecule has 27 heavy (non-hydrogen) atoms. The van der Waals surface area contributed by atoms with E-state index in [1.807, 2.05) is 47.2 Å². The van der Waals surface area contributed by atoms with Gasteiger partial charge in [-0.3, -0.25) is 0 Å². The molecule has 4 heteroatoms. The van der Waals surface area contributed by atoms with Crippen molar-refractivity contribution < 1.29 is 9.13 Å². The number of rotatable bonds is 4. The average Bonchev–Trinajstić information content (AvgIpc) is 3.08. The molecule has 0 spiro atoms. The van der Waals surface area contributed by atoms with Crippen molar-refractivity contribution in [2.75, 3.05) is 0 Å². The molecule has 1 heterocycles. The van der Waals surface area contributed by atoms with E-state index in [0.717, 1.165) is 22.2 Å². The maximum Gasteiger partial charge on any atom is 0.127 e. The molecular weight excluding hydrogens is 339 g/mol. The topological polar surface area (TPSA) is 38.0 Å². The highest BCUT2D eigenvalue weighted by atomic mass is 19.1. The number of nitriles is 1. The Hall–Kier alpha value is -3.84. The molecule has 0 atom stereocenters. The molecule has 0 amide bonds. The minimum Gasteiger partial charge on any atom is -0.457 e. The lowest BCUT2D eigenvalue weighted by molar-refractivity contribution is 0.480. The van der Waals surface area contributed by atoms with E-state index < -0.39 is 0 Å². The molecule has 3 nitrogen and oxygen atoms in total. The lowest BCUT2D eigenvalue weighted by Crippen LogP contribution is -1.92. The summed E-state index contributed by atoms with van der Waals surface area (Å²) in [5.41, 5.74) is 3.49. The number of fused-ring (bicyclic) bond motifs is 1. The summed E-state index contributed by atoms with van der Waals surface area (Å²) >= 11 is 0. The Kier molecular flexibility index (Phi) is 4.19. The van der Waals surface area contributed by atoms with Crippen LogP contribution in [-0.2, 0) is 0 Å². The second-order valence-electron chi connectivity index (χ2n) is 6.05. The van der Waals surface area contributed by atoms with Gasteiger partial charge in [0, 0.05) is 17.3 Å². The van der Waals surface area contributed by atoms with Crippen molar-refractivity contribution in [1.29, 1.82) is 5.26 Å². The first-order chi connectivity index (χ1) is 13.2. The van der Waals surface area contributed by atoms with Crippen LogP contribution in [0.4, 0.5) is 4.39 Å². The van der Waals surface area contributed by atoms with Crippen molar-refractivity contribution in [1.82, 2.24) is 4.57 Å². The molecule has 0 aliphatic heterocycles. The molecule has 3 aromatic carbocycles. The standard InChI is InChI=1S/C23H15FN2O/c1-2-17-15-26(23-13-16(14-25)3-12-22(17)23)19-6-10-21(11-7-19)27-20-8-4-18(24)5-9-20/h2-13,15H,1H2. The van der Waals surface area contributed by atoms with Crippen LogP contribution < -0.4 is 4.74 Å². The summed E-state index contributed by atoms with van der Waals surface area (Å²) in [4.78, 5) is 0. The van der Waals surface area contributed by atoms with Gasteiger partial charge in [0.05, 0.1) is 17.1 Å². The van der Waals surface area contributed by atoms with E-state index in [0.29, 0.717) is 17.1 Å². The normalized spacial score (nSPS) is 10.5. The lowest BCUT2D eigenvalue weighted by atomic mass is 10.1. The van der Waals surface area contributed by atoms with E-state index in [1.165, 1.54) is 12.1 Å². The Morgan fingerprint density at radius 2 is 1.63 bits per heavy atom. The van der Waals surface area contributed by atoms with Crippen molar-refractivity contribution in [2.45, 2.75) is 0 Å². The molecule has 1 aromatic heterocycles. The van der Waals surface area contributed by atoms with Gasteiger partial charge in [0.25, 0.3) is 0 Å². The number of hydrogen-bond donors (Lipinski definition) is 0. The van der Waals surface area contributed by atoms with Crippen LogP contribution in [-0.4, -0.2) is 4.57 Å². The van der Waals surface area contributed by atoms with E-state index in [-0.39, 0.29) is 5.82 Å². The maximum absolute atomic E-state index is 13.0. The number of halogens is 1. The van der Waals surface area contributed by atoms with E-state index in [9.17, 15) is 9.65 Å². The summed E-state index contributed by atoms with van der Waals surface area (Å²) in [6, 6.07) is 21.3. The van der Waals surface area contributed by atoms with E-state index in [1.54, 1.807) is 24.3 Å². The molecule has 0 N–H and O–H groups in total. The number of benzene rings is 3. The van der Waals surface area contributed by atoms with Crippen LogP contribution in [0.5, 0.6) is 11.5 Å². The van der Waals surface area contributed by atoms with Gasteiger partial charge in [0.1, 0.15) is 17.3 Å². The molecule has 0 aliphatic rings. The fourth-order valence-electron chi connectivity index (χ4n) is 3.01. The summed E-state index contributed by atoms with van der Waals surface area (Å²) in [6.45, 7) is 3.87. The van der Waals surface area contributed by atoms with Crippen LogP contribution in [0.2, 0.25) is 0 Å². The van der Waals surface area contributed by atoms with Crippen LogP contribution in [0.15, 0.2) is 79.5 Å². The van der Waals surface area contributed by atoms with Crippen molar-refractivity contribution in [3.63, 3.8) is 0 Å². The number of hydrogen-bond acceptors (Lipinski definition) is 2. The van der Waals surface area contributed by atoms with Crippen LogP contribution in [0.1, 0.15) is 11.1 Å². The Morgan fingerprint density at radius 3 is 2.26 bits per heavy atom. The first-order valence-corrected chi connectivity index (χ1v) is 8.39. The van der Waals surface area contributed by atoms with Gasteiger partial charge in [-0.1, -0.05) is 18.7 Å². The van der Waals surface area contributed by atoms with Gasteiger partial charge in [-0.05, 0) is 66.2 Å². The number of ether oxygens (including phenoxy) is 1. The molecule has 0 saturated heterocycles. The minimum atomic E-state index is -0.299. The SMILES string of the molecule is C=Cc1cn(-c2ccc(Oc3ccc(F)cc3)cc2)c2cc(C#N)ccc12. The smallest absolute Gasteiger partial charge is 0.127 e. The number of aromatic nitrogens is 1. The summed E-state index contributed by atoms with van der Waals surface area (Å²) in [7, 11) is 0. The monoisotopic (exact) mass is 354 g/mol. The van der Waals surface area contributed by atoms with Crippen LogP contribution in [0, 0.1) is 17.1 Å². The Labute approximate surface area is 156 Å². The van der Waals surface area contributed by atoms with Crippen LogP contribution >= 0.6 is 0 Å².